The maximum atomic E-state index is 12.9. The molecule has 0 radical (unpaired) electrons. The van der Waals surface area contributed by atoms with E-state index in [4.69, 9.17) is 16.3 Å². The second kappa shape index (κ2) is 9.06. The average molecular weight is 444 g/mol. The van der Waals surface area contributed by atoms with Gasteiger partial charge in [-0.2, -0.15) is 0 Å². The number of aliphatic carboxylic acids is 1. The average Bonchev–Trinajstić information content (AvgIpc) is 3.36. The molecule has 1 aliphatic rings. The van der Waals surface area contributed by atoms with Crippen molar-refractivity contribution in [1.82, 2.24) is 5.32 Å². The third kappa shape index (κ3) is 4.60. The van der Waals surface area contributed by atoms with Crippen LogP contribution in [0.2, 0.25) is 5.02 Å². The summed E-state index contributed by atoms with van der Waals surface area (Å²) in [5.41, 5.74) is 0.710. The van der Waals surface area contributed by atoms with Gasteiger partial charge in [0.2, 0.25) is 0 Å². The lowest BCUT2D eigenvalue weighted by Gasteiger charge is -2.18. The molecule has 2 N–H and O–H groups in total. The topological polar surface area (TPSA) is 75.6 Å². The quantitative estimate of drug-likeness (QED) is 0.482. The van der Waals surface area contributed by atoms with Crippen LogP contribution in [-0.2, 0) is 4.79 Å². The largest absolute Gasteiger partial charge is 0.490 e. The van der Waals surface area contributed by atoms with Crippen LogP contribution in [0.1, 0.15) is 53.4 Å². The van der Waals surface area contributed by atoms with Crippen molar-refractivity contribution in [3.05, 3.63) is 64.0 Å². The maximum absolute atomic E-state index is 12.9. The van der Waals surface area contributed by atoms with E-state index in [2.05, 4.69) is 5.32 Å². The lowest BCUT2D eigenvalue weighted by Crippen LogP contribution is -2.29. The first kappa shape index (κ1) is 20.7. The molecule has 1 amide bonds. The van der Waals surface area contributed by atoms with Gasteiger partial charge in [0, 0.05) is 10.1 Å². The van der Waals surface area contributed by atoms with Crippen molar-refractivity contribution in [2.24, 2.45) is 0 Å². The van der Waals surface area contributed by atoms with Crippen LogP contribution < -0.4 is 10.1 Å². The van der Waals surface area contributed by atoms with E-state index in [0.29, 0.717) is 15.5 Å². The Kier molecular flexibility index (Phi) is 6.25. The summed E-state index contributed by atoms with van der Waals surface area (Å²) < 4.78 is 6.88. The minimum atomic E-state index is -0.992. The van der Waals surface area contributed by atoms with Crippen molar-refractivity contribution in [2.45, 2.75) is 44.2 Å². The Morgan fingerprint density at radius 3 is 2.50 bits per heavy atom. The second-order valence-corrected chi connectivity index (χ2v) is 8.89. The molecular weight excluding hydrogens is 422 g/mol. The number of thiophene rings is 1. The van der Waals surface area contributed by atoms with Crippen LogP contribution in [0.3, 0.4) is 0 Å². The first-order valence-corrected chi connectivity index (χ1v) is 11.2. The molecule has 0 spiro atoms. The standard InChI is InChI=1S/C23H22ClNO4S/c24-21-17-7-3-4-8-19(17)30-22(21)23(28)25-18(13-20(26)27)14-9-11-16(12-10-14)29-15-5-1-2-6-15/h3-4,7-12,15,18H,1-2,5-6,13H2,(H,25,28)(H,26,27)/t18-/m0/s1. The van der Waals surface area contributed by atoms with Gasteiger partial charge in [0.25, 0.3) is 5.91 Å². The molecule has 0 bridgehead atoms. The van der Waals surface area contributed by atoms with E-state index in [1.807, 2.05) is 48.5 Å². The molecule has 1 atom stereocenters. The molecule has 1 heterocycles. The predicted octanol–water partition coefficient (Wildman–Crippen LogP) is 5.82. The Labute approximate surface area is 183 Å². The fourth-order valence-corrected chi connectivity index (χ4v) is 5.21. The number of hydrogen-bond acceptors (Lipinski definition) is 4. The van der Waals surface area contributed by atoms with Crippen LogP contribution in [0.25, 0.3) is 10.1 Å². The van der Waals surface area contributed by atoms with Gasteiger partial charge in [-0.05, 0) is 49.4 Å². The van der Waals surface area contributed by atoms with Crippen LogP contribution in [0.15, 0.2) is 48.5 Å². The molecule has 1 fully saturated rings. The molecule has 7 heteroatoms. The highest BCUT2D eigenvalue weighted by atomic mass is 35.5. The van der Waals surface area contributed by atoms with Crippen LogP contribution in [-0.4, -0.2) is 23.1 Å². The molecule has 0 saturated heterocycles. The predicted molar refractivity (Wildman–Crippen MR) is 119 cm³/mol. The molecule has 3 aromatic rings. The Balaban J connectivity index is 1.52. The van der Waals surface area contributed by atoms with Gasteiger partial charge in [-0.25, -0.2) is 0 Å². The third-order valence-electron chi connectivity index (χ3n) is 5.31. The highest BCUT2D eigenvalue weighted by Crippen LogP contribution is 2.35. The van der Waals surface area contributed by atoms with Crippen molar-refractivity contribution < 1.29 is 19.4 Å². The molecule has 4 rings (SSSR count). The number of carbonyl (C=O) groups is 2. The number of carbonyl (C=O) groups excluding carboxylic acids is 1. The first-order valence-electron chi connectivity index (χ1n) is 9.97. The van der Waals surface area contributed by atoms with Gasteiger partial charge < -0.3 is 15.2 Å². The van der Waals surface area contributed by atoms with Crippen molar-refractivity contribution in [3.8, 4) is 5.75 Å². The molecule has 0 aliphatic heterocycles. The van der Waals surface area contributed by atoms with Gasteiger partial charge in [-0.3, -0.25) is 9.59 Å². The fraction of sp³-hybridized carbons (Fsp3) is 0.304. The Morgan fingerprint density at radius 2 is 1.83 bits per heavy atom. The monoisotopic (exact) mass is 443 g/mol. The highest BCUT2D eigenvalue weighted by Gasteiger charge is 2.23. The number of hydrogen-bond donors (Lipinski definition) is 2. The van der Waals surface area contributed by atoms with Crippen molar-refractivity contribution in [2.75, 3.05) is 0 Å². The van der Waals surface area contributed by atoms with Crippen molar-refractivity contribution >= 4 is 44.9 Å². The zero-order chi connectivity index (χ0) is 21.1. The van der Waals surface area contributed by atoms with Gasteiger partial charge in [0.05, 0.1) is 23.6 Å². The summed E-state index contributed by atoms with van der Waals surface area (Å²) in [5.74, 6) is -0.605. The smallest absolute Gasteiger partial charge is 0.305 e. The van der Waals surface area contributed by atoms with Crippen LogP contribution in [0.5, 0.6) is 5.75 Å². The van der Waals surface area contributed by atoms with Gasteiger partial charge in [-0.15, -0.1) is 11.3 Å². The van der Waals surface area contributed by atoms with Gasteiger partial charge in [0.1, 0.15) is 10.6 Å². The molecular formula is C23H22ClNO4S. The fourth-order valence-electron chi connectivity index (χ4n) is 3.79. The molecule has 1 aromatic heterocycles. The van der Waals surface area contributed by atoms with Crippen LogP contribution in [0.4, 0.5) is 0 Å². The Morgan fingerprint density at radius 1 is 1.13 bits per heavy atom. The summed E-state index contributed by atoms with van der Waals surface area (Å²) in [6.45, 7) is 0. The number of fused-ring (bicyclic) bond motifs is 1. The maximum Gasteiger partial charge on any atom is 0.305 e. The normalized spacial score (nSPS) is 15.2. The summed E-state index contributed by atoms with van der Waals surface area (Å²) in [6.07, 6.45) is 4.54. The summed E-state index contributed by atoms with van der Waals surface area (Å²) in [7, 11) is 0. The van der Waals surface area contributed by atoms with Gasteiger partial charge in [-0.1, -0.05) is 41.9 Å². The van der Waals surface area contributed by atoms with Crippen LogP contribution in [0, 0.1) is 0 Å². The summed E-state index contributed by atoms with van der Waals surface area (Å²) >= 11 is 7.70. The van der Waals surface area contributed by atoms with E-state index in [-0.39, 0.29) is 18.4 Å². The zero-order valence-electron chi connectivity index (χ0n) is 16.3. The number of benzene rings is 2. The number of carboxylic acids is 1. The van der Waals surface area contributed by atoms with E-state index in [1.165, 1.54) is 24.2 Å². The SMILES string of the molecule is O=C(O)C[C@H](NC(=O)c1sc2ccccc2c1Cl)c1ccc(OC2CCCC2)cc1. The lowest BCUT2D eigenvalue weighted by atomic mass is 10.0. The highest BCUT2D eigenvalue weighted by molar-refractivity contribution is 7.21. The summed E-state index contributed by atoms with van der Waals surface area (Å²) in [4.78, 5) is 24.7. The second-order valence-electron chi connectivity index (χ2n) is 7.46. The lowest BCUT2D eigenvalue weighted by molar-refractivity contribution is -0.137. The molecule has 1 aliphatic carbocycles. The number of carboxylic acid groups (broad SMARTS) is 1. The molecule has 156 valence electrons. The molecule has 1 saturated carbocycles. The van der Waals surface area contributed by atoms with Crippen LogP contribution >= 0.6 is 22.9 Å². The van der Waals surface area contributed by atoms with Gasteiger partial charge in [0.15, 0.2) is 0 Å². The third-order valence-corrected chi connectivity index (χ3v) is 6.99. The van der Waals surface area contributed by atoms with E-state index in [1.54, 1.807) is 0 Å². The zero-order valence-corrected chi connectivity index (χ0v) is 17.8. The van der Waals surface area contributed by atoms with E-state index >= 15 is 0 Å². The Hall–Kier alpha value is -2.57. The summed E-state index contributed by atoms with van der Waals surface area (Å²) in [6, 6.07) is 14.1. The Bertz CT molecular complexity index is 1060. The molecule has 5 nitrogen and oxygen atoms in total. The van der Waals surface area contributed by atoms with Gasteiger partial charge >= 0.3 is 5.97 Å². The van der Waals surface area contributed by atoms with E-state index < -0.39 is 12.0 Å². The van der Waals surface area contributed by atoms with E-state index in [0.717, 1.165) is 28.7 Å². The van der Waals surface area contributed by atoms with E-state index in [9.17, 15) is 14.7 Å². The molecule has 2 aromatic carbocycles. The minimum absolute atomic E-state index is 0.225. The molecule has 30 heavy (non-hydrogen) atoms. The molecule has 0 unspecified atom stereocenters. The number of ether oxygens (including phenoxy) is 1. The van der Waals surface area contributed by atoms with Crippen molar-refractivity contribution in [3.63, 3.8) is 0 Å². The number of rotatable bonds is 7. The number of nitrogens with one attached hydrogen (secondary N) is 1. The number of amides is 1. The minimum Gasteiger partial charge on any atom is -0.490 e. The van der Waals surface area contributed by atoms with Crippen molar-refractivity contribution in [1.29, 1.82) is 0 Å². The number of halogens is 1. The summed E-state index contributed by atoms with van der Waals surface area (Å²) in [5, 5.41) is 13.4. The first-order chi connectivity index (χ1) is 14.5.